The van der Waals surface area contributed by atoms with Crippen molar-refractivity contribution in [2.24, 2.45) is 17.8 Å². The number of rotatable bonds is 0. The molecule has 0 saturated heterocycles. The summed E-state index contributed by atoms with van der Waals surface area (Å²) in [7, 11) is 0. The van der Waals surface area contributed by atoms with Gasteiger partial charge in [-0.2, -0.15) is 0 Å². The molecule has 80 valence electrons. The van der Waals surface area contributed by atoms with Gasteiger partial charge in [0, 0.05) is 4.32 Å². The molecule has 1 N–H and O–H groups in total. The molecule has 0 amide bonds. The molecule has 14 heavy (non-hydrogen) atoms. The van der Waals surface area contributed by atoms with E-state index < -0.39 is 0 Å². The van der Waals surface area contributed by atoms with E-state index in [-0.39, 0.29) is 6.47 Å². The van der Waals surface area contributed by atoms with Gasteiger partial charge in [-0.15, -0.1) is 0 Å². The molecule has 4 aliphatic rings. The minimum absolute atomic E-state index is 0.250. The average molecular weight is 261 g/mol. The normalized spacial score (nSPS) is 48.2. The van der Waals surface area contributed by atoms with Crippen molar-refractivity contribution in [1.82, 2.24) is 0 Å². The van der Waals surface area contributed by atoms with Gasteiger partial charge < -0.3 is 5.11 Å². The van der Waals surface area contributed by atoms with E-state index in [4.69, 9.17) is 9.90 Å². The molecule has 0 aromatic rings. The van der Waals surface area contributed by atoms with Crippen LogP contribution in [0.4, 0.5) is 0 Å². The third kappa shape index (κ3) is 1.97. The van der Waals surface area contributed by atoms with Gasteiger partial charge in [0.2, 0.25) is 0 Å². The largest absolute Gasteiger partial charge is 0.483 e. The first-order valence-electron chi connectivity index (χ1n) is 5.42. The van der Waals surface area contributed by atoms with Crippen LogP contribution in [-0.4, -0.2) is 15.9 Å². The molecule has 0 radical (unpaired) electrons. The third-order valence-corrected chi connectivity index (χ3v) is 4.93. The van der Waals surface area contributed by atoms with Crippen LogP contribution in [-0.2, 0) is 4.79 Å². The monoisotopic (exact) mass is 260 g/mol. The van der Waals surface area contributed by atoms with E-state index in [1.165, 1.54) is 19.3 Å². The van der Waals surface area contributed by atoms with Crippen molar-refractivity contribution >= 4 is 22.4 Å². The average Bonchev–Trinajstić information content (AvgIpc) is 1.99. The maximum Gasteiger partial charge on any atom is 0.290 e. The summed E-state index contributed by atoms with van der Waals surface area (Å²) < 4.78 is 0.613. The first kappa shape index (κ1) is 10.5. The van der Waals surface area contributed by atoms with Gasteiger partial charge in [-0.1, -0.05) is 15.9 Å². The molecule has 0 heterocycles. The second-order valence-corrected chi connectivity index (χ2v) is 6.86. The predicted octanol–water partition coefficient (Wildman–Crippen LogP) is 3.05. The Labute approximate surface area is 93.2 Å². The summed E-state index contributed by atoms with van der Waals surface area (Å²) in [4.78, 5) is 8.36. The molecule has 4 bridgehead atoms. The second kappa shape index (κ2) is 3.84. The van der Waals surface area contributed by atoms with Crippen LogP contribution in [0.2, 0.25) is 0 Å². The van der Waals surface area contributed by atoms with Crippen molar-refractivity contribution in [3.8, 4) is 0 Å². The summed E-state index contributed by atoms with van der Waals surface area (Å²) in [5.41, 5.74) is 0. The van der Waals surface area contributed by atoms with E-state index in [0.717, 1.165) is 17.8 Å². The fourth-order valence-corrected chi connectivity index (χ4v) is 5.38. The van der Waals surface area contributed by atoms with Crippen molar-refractivity contribution in [3.05, 3.63) is 0 Å². The van der Waals surface area contributed by atoms with E-state index in [2.05, 4.69) is 15.9 Å². The zero-order chi connectivity index (χ0) is 10.2. The lowest BCUT2D eigenvalue weighted by molar-refractivity contribution is -0.122. The van der Waals surface area contributed by atoms with E-state index in [1.54, 1.807) is 19.3 Å². The van der Waals surface area contributed by atoms with Crippen LogP contribution in [0.25, 0.3) is 0 Å². The highest BCUT2D eigenvalue weighted by Crippen LogP contribution is 2.58. The lowest BCUT2D eigenvalue weighted by Gasteiger charge is -2.54. The van der Waals surface area contributed by atoms with Crippen LogP contribution in [0.3, 0.4) is 0 Å². The minimum atomic E-state index is -0.250. The van der Waals surface area contributed by atoms with Gasteiger partial charge in [0.05, 0.1) is 0 Å². The molecule has 0 atom stereocenters. The molecule has 0 unspecified atom stereocenters. The van der Waals surface area contributed by atoms with Crippen LogP contribution >= 0.6 is 15.9 Å². The molecule has 2 nitrogen and oxygen atoms in total. The zero-order valence-corrected chi connectivity index (χ0v) is 9.87. The Hall–Kier alpha value is -0.0500. The number of carbonyl (C=O) groups is 1. The van der Waals surface area contributed by atoms with Crippen molar-refractivity contribution < 1.29 is 9.90 Å². The first-order chi connectivity index (χ1) is 6.65. The van der Waals surface area contributed by atoms with Crippen molar-refractivity contribution in [2.45, 2.75) is 42.8 Å². The van der Waals surface area contributed by atoms with E-state index in [9.17, 15) is 0 Å². The van der Waals surface area contributed by atoms with Crippen molar-refractivity contribution in [1.29, 1.82) is 0 Å². The standard InChI is InChI=1S/C10H15Br.CH2O2/c11-10-4-7-1-8(5-10)3-9(2-7)6-10;2-1-3/h7-9H,1-6H2;1H,(H,2,3). The summed E-state index contributed by atoms with van der Waals surface area (Å²) in [5, 5.41) is 6.89. The topological polar surface area (TPSA) is 37.3 Å². The summed E-state index contributed by atoms with van der Waals surface area (Å²) >= 11 is 3.96. The highest BCUT2D eigenvalue weighted by Gasteiger charge is 2.49. The zero-order valence-electron chi connectivity index (χ0n) is 8.29. The van der Waals surface area contributed by atoms with Crippen LogP contribution < -0.4 is 0 Å². The fourth-order valence-electron chi connectivity index (χ4n) is 4.00. The van der Waals surface area contributed by atoms with Gasteiger partial charge in [-0.25, -0.2) is 0 Å². The molecule has 3 heteroatoms. The number of hydrogen-bond donors (Lipinski definition) is 1. The lowest BCUT2D eigenvalue weighted by atomic mass is 9.56. The summed E-state index contributed by atoms with van der Waals surface area (Å²) in [6.07, 6.45) is 9.14. The summed E-state index contributed by atoms with van der Waals surface area (Å²) in [6, 6.07) is 0. The van der Waals surface area contributed by atoms with Crippen molar-refractivity contribution in [3.63, 3.8) is 0 Å². The molecule has 0 aliphatic heterocycles. The molecule has 0 aromatic carbocycles. The van der Waals surface area contributed by atoms with E-state index in [0.29, 0.717) is 4.32 Å². The van der Waals surface area contributed by atoms with Crippen molar-refractivity contribution in [2.75, 3.05) is 0 Å². The molecular formula is C11H17BrO2. The van der Waals surface area contributed by atoms with Gasteiger partial charge >= 0.3 is 0 Å². The predicted molar refractivity (Wildman–Crippen MR) is 58.5 cm³/mol. The van der Waals surface area contributed by atoms with E-state index in [1.807, 2.05) is 0 Å². The van der Waals surface area contributed by atoms with Crippen LogP contribution in [0.5, 0.6) is 0 Å². The Kier molecular flexibility index (Phi) is 2.87. The number of halogens is 1. The third-order valence-electron chi connectivity index (χ3n) is 3.96. The van der Waals surface area contributed by atoms with Gasteiger partial charge in [0.25, 0.3) is 6.47 Å². The SMILES string of the molecule is BrC12CC3CC(CC(C3)C1)C2.O=CO. The quantitative estimate of drug-likeness (QED) is 0.537. The first-order valence-corrected chi connectivity index (χ1v) is 6.21. The Bertz CT molecular complexity index is 192. The Morgan fingerprint density at radius 2 is 1.36 bits per heavy atom. The number of alkyl halides is 1. The Morgan fingerprint density at radius 1 is 1.07 bits per heavy atom. The minimum Gasteiger partial charge on any atom is -0.483 e. The number of hydrogen-bond acceptors (Lipinski definition) is 1. The van der Waals surface area contributed by atoms with Gasteiger partial charge in [0.15, 0.2) is 0 Å². The highest BCUT2D eigenvalue weighted by atomic mass is 79.9. The van der Waals surface area contributed by atoms with Crippen LogP contribution in [0.1, 0.15) is 38.5 Å². The molecule has 0 spiro atoms. The fraction of sp³-hybridized carbons (Fsp3) is 0.909. The summed E-state index contributed by atoms with van der Waals surface area (Å²) in [5.74, 6) is 3.29. The van der Waals surface area contributed by atoms with Gasteiger partial charge in [-0.05, 0) is 56.3 Å². The number of carboxylic acid groups (broad SMARTS) is 1. The van der Waals surface area contributed by atoms with Crippen LogP contribution in [0.15, 0.2) is 0 Å². The molecule has 4 saturated carbocycles. The molecular weight excluding hydrogens is 244 g/mol. The highest BCUT2D eigenvalue weighted by molar-refractivity contribution is 9.10. The molecule has 4 rings (SSSR count). The second-order valence-electron chi connectivity index (χ2n) is 5.17. The molecule has 0 aromatic heterocycles. The summed E-state index contributed by atoms with van der Waals surface area (Å²) in [6.45, 7) is -0.250. The van der Waals surface area contributed by atoms with Gasteiger partial charge in [-0.3, -0.25) is 4.79 Å². The maximum atomic E-state index is 8.36. The lowest BCUT2D eigenvalue weighted by Crippen LogP contribution is -2.46. The van der Waals surface area contributed by atoms with E-state index >= 15 is 0 Å². The van der Waals surface area contributed by atoms with Gasteiger partial charge in [0.1, 0.15) is 0 Å². The Balaban J connectivity index is 0.000000226. The molecule has 4 aliphatic carbocycles. The molecule has 4 fully saturated rings. The maximum absolute atomic E-state index is 8.36. The smallest absolute Gasteiger partial charge is 0.290 e. The van der Waals surface area contributed by atoms with Crippen LogP contribution in [0, 0.1) is 17.8 Å². The Morgan fingerprint density at radius 3 is 1.57 bits per heavy atom.